The first-order chi connectivity index (χ1) is 9.70. The van der Waals surface area contributed by atoms with Gasteiger partial charge < -0.3 is 10.1 Å². The van der Waals surface area contributed by atoms with Crippen LogP contribution in [0.15, 0.2) is 29.6 Å². The Morgan fingerprint density at radius 2 is 2.15 bits per heavy atom. The van der Waals surface area contributed by atoms with Crippen molar-refractivity contribution < 1.29 is 4.74 Å². The highest BCUT2D eigenvalue weighted by atomic mass is 35.5. The highest BCUT2D eigenvalue weighted by molar-refractivity contribution is 7.10. The second-order valence-electron chi connectivity index (χ2n) is 4.85. The highest BCUT2D eigenvalue weighted by Crippen LogP contribution is 2.41. The minimum absolute atomic E-state index is 0.139. The van der Waals surface area contributed by atoms with Gasteiger partial charge >= 0.3 is 0 Å². The molecule has 0 radical (unpaired) electrons. The Kier molecular flexibility index (Phi) is 4.34. The number of fused-ring (bicyclic) bond motifs is 1. The van der Waals surface area contributed by atoms with Gasteiger partial charge in [0.05, 0.1) is 22.8 Å². The van der Waals surface area contributed by atoms with Crippen molar-refractivity contribution in [3.63, 3.8) is 0 Å². The van der Waals surface area contributed by atoms with Crippen molar-refractivity contribution in [3.05, 3.63) is 55.7 Å². The third-order valence-corrected chi connectivity index (χ3v) is 5.38. The molecule has 1 aliphatic rings. The molecule has 0 unspecified atom stereocenters. The van der Waals surface area contributed by atoms with Crippen LogP contribution in [0.3, 0.4) is 0 Å². The van der Waals surface area contributed by atoms with Crippen LogP contribution in [0.2, 0.25) is 10.0 Å². The summed E-state index contributed by atoms with van der Waals surface area (Å²) >= 11 is 13.9. The van der Waals surface area contributed by atoms with Crippen molar-refractivity contribution in [3.8, 4) is 0 Å². The van der Waals surface area contributed by atoms with Gasteiger partial charge in [-0.25, -0.2) is 0 Å². The van der Waals surface area contributed by atoms with E-state index in [1.807, 2.05) is 25.2 Å². The van der Waals surface area contributed by atoms with Crippen LogP contribution in [0.1, 0.15) is 28.0 Å². The van der Waals surface area contributed by atoms with Gasteiger partial charge in [0.1, 0.15) is 0 Å². The molecule has 0 fully saturated rings. The summed E-state index contributed by atoms with van der Waals surface area (Å²) in [4.78, 5) is 1.37. The summed E-state index contributed by atoms with van der Waals surface area (Å²) in [5.41, 5.74) is 2.44. The van der Waals surface area contributed by atoms with Crippen LogP contribution >= 0.6 is 34.5 Å². The monoisotopic (exact) mass is 327 g/mol. The molecule has 1 aromatic heterocycles. The Morgan fingerprint density at radius 1 is 1.30 bits per heavy atom. The number of benzene rings is 1. The maximum atomic E-state index is 6.13. The minimum Gasteiger partial charge on any atom is -0.371 e. The van der Waals surface area contributed by atoms with E-state index in [9.17, 15) is 0 Å². The van der Waals surface area contributed by atoms with Crippen molar-refractivity contribution in [1.29, 1.82) is 0 Å². The number of nitrogens with one attached hydrogen (secondary N) is 1. The van der Waals surface area contributed by atoms with Gasteiger partial charge in [-0.05, 0) is 41.8 Å². The fourth-order valence-electron chi connectivity index (χ4n) is 2.59. The Balaban J connectivity index is 1.96. The van der Waals surface area contributed by atoms with Gasteiger partial charge in [0.25, 0.3) is 0 Å². The summed E-state index contributed by atoms with van der Waals surface area (Å²) < 4.78 is 6.01. The van der Waals surface area contributed by atoms with E-state index in [2.05, 4.69) is 16.8 Å². The summed E-state index contributed by atoms with van der Waals surface area (Å²) in [6.07, 6.45) is 0.139. The van der Waals surface area contributed by atoms with Crippen LogP contribution in [-0.4, -0.2) is 20.2 Å². The zero-order valence-electron chi connectivity index (χ0n) is 11.0. The summed E-state index contributed by atoms with van der Waals surface area (Å²) in [7, 11) is 1.94. The summed E-state index contributed by atoms with van der Waals surface area (Å²) in [5.74, 6) is 0.243. The number of rotatable bonds is 3. The molecule has 2 nitrogen and oxygen atoms in total. The number of thiophene rings is 1. The quantitative estimate of drug-likeness (QED) is 0.897. The maximum Gasteiger partial charge on any atom is 0.0960 e. The largest absolute Gasteiger partial charge is 0.371 e. The van der Waals surface area contributed by atoms with Crippen LogP contribution in [0, 0.1) is 0 Å². The lowest BCUT2D eigenvalue weighted by molar-refractivity contribution is 0.0367. The minimum atomic E-state index is 0.139. The fourth-order valence-corrected chi connectivity index (χ4v) is 3.96. The first-order valence-corrected chi connectivity index (χ1v) is 8.12. The predicted octanol–water partition coefficient (Wildman–Crippen LogP) is 4.48. The van der Waals surface area contributed by atoms with Crippen molar-refractivity contribution in [2.45, 2.75) is 12.0 Å². The summed E-state index contributed by atoms with van der Waals surface area (Å²) in [5, 5.41) is 6.50. The van der Waals surface area contributed by atoms with E-state index in [1.165, 1.54) is 10.4 Å². The first-order valence-electron chi connectivity index (χ1n) is 6.49. The lowest BCUT2D eigenvalue weighted by Crippen LogP contribution is -2.27. The van der Waals surface area contributed by atoms with Gasteiger partial charge in [-0.2, -0.15) is 0 Å². The molecule has 0 bridgehead atoms. The molecular weight excluding hydrogens is 313 g/mol. The van der Waals surface area contributed by atoms with Crippen molar-refractivity contribution in [1.82, 2.24) is 5.32 Å². The molecule has 2 aromatic rings. The van der Waals surface area contributed by atoms with Crippen molar-refractivity contribution in [2.24, 2.45) is 0 Å². The fraction of sp³-hybridized carbons (Fsp3) is 0.333. The molecule has 1 N–H and O–H groups in total. The SMILES string of the molecule is CNC[C@@H]1OC[C@@H](c2ccc(Cl)c(Cl)c2)c2sccc21. The first kappa shape index (κ1) is 14.4. The number of halogens is 2. The molecule has 1 aromatic carbocycles. The van der Waals surface area contributed by atoms with Crippen molar-refractivity contribution >= 4 is 34.5 Å². The average molecular weight is 328 g/mol. The Labute approximate surface area is 132 Å². The second kappa shape index (κ2) is 6.04. The second-order valence-corrected chi connectivity index (χ2v) is 6.61. The number of likely N-dealkylation sites (N-methyl/N-ethyl adjacent to an activating group) is 1. The normalized spacial score (nSPS) is 21.8. The lowest BCUT2D eigenvalue weighted by Gasteiger charge is -2.29. The van der Waals surface area contributed by atoms with Gasteiger partial charge in [0, 0.05) is 17.3 Å². The van der Waals surface area contributed by atoms with E-state index in [1.54, 1.807) is 11.3 Å². The molecule has 0 amide bonds. The smallest absolute Gasteiger partial charge is 0.0960 e. The Morgan fingerprint density at radius 3 is 2.90 bits per heavy atom. The molecule has 20 heavy (non-hydrogen) atoms. The molecule has 0 spiro atoms. The third kappa shape index (κ3) is 2.61. The molecule has 106 valence electrons. The molecule has 2 atom stereocenters. The van der Waals surface area contributed by atoms with Crippen LogP contribution in [0.4, 0.5) is 0 Å². The predicted molar refractivity (Wildman–Crippen MR) is 85.2 cm³/mol. The molecule has 5 heteroatoms. The summed E-state index contributed by atoms with van der Waals surface area (Å²) in [6.45, 7) is 1.51. The van der Waals surface area contributed by atoms with E-state index in [0.29, 0.717) is 16.7 Å². The van der Waals surface area contributed by atoms with E-state index < -0.39 is 0 Å². The zero-order valence-corrected chi connectivity index (χ0v) is 13.4. The maximum absolute atomic E-state index is 6.13. The third-order valence-electron chi connectivity index (χ3n) is 3.59. The molecule has 3 rings (SSSR count). The Hall–Kier alpha value is -0.580. The van der Waals surface area contributed by atoms with Crippen molar-refractivity contribution in [2.75, 3.05) is 20.2 Å². The van der Waals surface area contributed by atoms with Crippen LogP contribution in [-0.2, 0) is 4.74 Å². The highest BCUT2D eigenvalue weighted by Gasteiger charge is 2.30. The van der Waals surface area contributed by atoms with Gasteiger partial charge in [-0.3, -0.25) is 0 Å². The van der Waals surface area contributed by atoms with E-state index in [0.717, 1.165) is 12.1 Å². The number of ether oxygens (including phenoxy) is 1. The van der Waals surface area contributed by atoms with Gasteiger partial charge in [0.2, 0.25) is 0 Å². The molecule has 1 aliphatic heterocycles. The van der Waals surface area contributed by atoms with E-state index >= 15 is 0 Å². The van der Waals surface area contributed by atoms with Crippen LogP contribution < -0.4 is 5.32 Å². The molecule has 0 aliphatic carbocycles. The van der Waals surface area contributed by atoms with Crippen LogP contribution in [0.25, 0.3) is 0 Å². The van der Waals surface area contributed by atoms with E-state index in [4.69, 9.17) is 27.9 Å². The van der Waals surface area contributed by atoms with E-state index in [-0.39, 0.29) is 12.0 Å². The molecular formula is C15H15Cl2NOS. The number of hydrogen-bond acceptors (Lipinski definition) is 3. The average Bonchev–Trinajstić information content (AvgIpc) is 2.92. The standard InChI is InChI=1S/C15H15Cl2NOS/c1-18-7-14-10-4-5-20-15(10)11(8-19-14)9-2-3-12(16)13(17)6-9/h2-6,11,14,18H,7-8H2,1H3/t11-,14-/m0/s1. The molecule has 0 saturated carbocycles. The Bertz CT molecular complexity index is 614. The van der Waals surface area contributed by atoms with Crippen LogP contribution in [0.5, 0.6) is 0 Å². The molecule has 2 heterocycles. The zero-order chi connectivity index (χ0) is 14.1. The van der Waals surface area contributed by atoms with Gasteiger partial charge in [-0.1, -0.05) is 29.3 Å². The van der Waals surface area contributed by atoms with Gasteiger partial charge in [-0.15, -0.1) is 11.3 Å². The number of hydrogen-bond donors (Lipinski definition) is 1. The lowest BCUT2D eigenvalue weighted by atomic mass is 9.92. The topological polar surface area (TPSA) is 21.3 Å². The molecule has 0 saturated heterocycles. The van der Waals surface area contributed by atoms with Gasteiger partial charge in [0.15, 0.2) is 0 Å². The summed E-state index contributed by atoms with van der Waals surface area (Å²) in [6, 6.07) is 7.99.